The molecule has 1 aliphatic carbocycles. The fourth-order valence-corrected chi connectivity index (χ4v) is 11.8. The van der Waals surface area contributed by atoms with Crippen LogP contribution in [0.15, 0.2) is 144 Å². The van der Waals surface area contributed by atoms with Gasteiger partial charge < -0.3 is 9.52 Å². The van der Waals surface area contributed by atoms with Crippen molar-refractivity contribution in [1.82, 2.24) is 14.5 Å². The van der Waals surface area contributed by atoms with E-state index in [4.69, 9.17) is 14.4 Å². The van der Waals surface area contributed by atoms with E-state index in [0.29, 0.717) is 11.4 Å². The molecule has 3 aromatic heterocycles. The number of hydrogen-bond donors (Lipinski definition) is 1. The lowest BCUT2D eigenvalue weighted by molar-refractivity contribution is 0.404. The summed E-state index contributed by atoms with van der Waals surface area (Å²) in [5, 5.41) is 17.1. The van der Waals surface area contributed by atoms with Gasteiger partial charge >= 0.3 is 0 Å². The predicted molar refractivity (Wildman–Crippen MR) is 294 cm³/mol. The van der Waals surface area contributed by atoms with E-state index in [1.54, 1.807) is 0 Å². The highest BCUT2D eigenvalue weighted by molar-refractivity contribution is 6.19. The second-order valence-corrected chi connectivity index (χ2v) is 24.4. The molecule has 7 aromatic carbocycles. The van der Waals surface area contributed by atoms with Crippen LogP contribution >= 0.6 is 0 Å². The van der Waals surface area contributed by atoms with Gasteiger partial charge in [-0.25, -0.2) is 4.98 Å². The van der Waals surface area contributed by atoms with E-state index in [-0.39, 0.29) is 32.8 Å². The number of imidazole rings is 1. The second kappa shape index (κ2) is 15.5. The van der Waals surface area contributed by atoms with Crippen molar-refractivity contribution in [3.63, 3.8) is 0 Å². The molecule has 0 radical (unpaired) electrons. The summed E-state index contributed by atoms with van der Waals surface area (Å²) in [7, 11) is 0. The Kier molecular flexibility index (Phi) is 10.1. The molecule has 0 atom stereocenters. The van der Waals surface area contributed by atoms with Crippen molar-refractivity contribution in [2.45, 2.75) is 124 Å². The van der Waals surface area contributed by atoms with Crippen molar-refractivity contribution in [3.05, 3.63) is 167 Å². The largest absolute Gasteiger partial charge is 0.507 e. The van der Waals surface area contributed by atoms with E-state index in [1.165, 1.54) is 22.1 Å². The molecule has 352 valence electrons. The first-order chi connectivity index (χ1) is 33.0. The van der Waals surface area contributed by atoms with Crippen LogP contribution in [0.1, 0.15) is 124 Å². The van der Waals surface area contributed by atoms with Gasteiger partial charge in [0.15, 0.2) is 0 Å². The highest BCUT2D eigenvalue weighted by Crippen LogP contribution is 2.53. The van der Waals surface area contributed by atoms with Crippen molar-refractivity contribution >= 4 is 43.7 Å². The number of benzene rings is 7. The number of pyridine rings is 1. The Morgan fingerprint density at radius 2 is 1.23 bits per heavy atom. The quantitative estimate of drug-likeness (QED) is 0.187. The SMILES string of the molecule is CC(C)(C)c1cc(-c2cccc3c2nc(-c2cc(C(C)(C)C)cc(C(C)(C)C)c2O)n3-c2ccccc2-c2ccccc2)cc(-c2nccc3oc4c5ccc6c(c5ccc4c23)C(C)(C)CC6(C)C)c1. The van der Waals surface area contributed by atoms with Crippen LogP contribution in [0.25, 0.3) is 94.3 Å². The average Bonchev–Trinajstić information content (AvgIpc) is 3.95. The molecule has 0 saturated carbocycles. The van der Waals surface area contributed by atoms with E-state index in [1.807, 2.05) is 12.3 Å². The number of aromatic hydroxyl groups is 1. The highest BCUT2D eigenvalue weighted by atomic mass is 16.3. The van der Waals surface area contributed by atoms with Gasteiger partial charge in [0, 0.05) is 39.2 Å². The predicted octanol–water partition coefficient (Wildman–Crippen LogP) is 17.7. The summed E-state index contributed by atoms with van der Waals surface area (Å²) >= 11 is 0. The molecule has 0 fully saturated rings. The number of hydrogen-bond acceptors (Lipinski definition) is 4. The minimum absolute atomic E-state index is 0.0471. The summed E-state index contributed by atoms with van der Waals surface area (Å²) in [4.78, 5) is 10.9. The van der Waals surface area contributed by atoms with Crippen LogP contribution in [0, 0.1) is 0 Å². The molecule has 0 saturated heterocycles. The Morgan fingerprint density at radius 3 is 1.96 bits per heavy atom. The Bertz CT molecular complexity index is 3750. The lowest BCUT2D eigenvalue weighted by Crippen LogP contribution is -2.18. The number of para-hydroxylation sites is 2. The number of aromatic nitrogens is 3. The van der Waals surface area contributed by atoms with Crippen LogP contribution in [0.5, 0.6) is 5.75 Å². The van der Waals surface area contributed by atoms with Crippen LogP contribution in [0.4, 0.5) is 0 Å². The number of nitrogens with zero attached hydrogens (tertiary/aromatic N) is 3. The van der Waals surface area contributed by atoms with E-state index in [9.17, 15) is 5.11 Å². The molecule has 70 heavy (non-hydrogen) atoms. The summed E-state index contributed by atoms with van der Waals surface area (Å²) in [5.41, 5.74) is 16.9. The molecule has 0 amide bonds. The van der Waals surface area contributed by atoms with Gasteiger partial charge in [0.2, 0.25) is 0 Å². The molecule has 5 heteroatoms. The zero-order valence-corrected chi connectivity index (χ0v) is 43.2. The summed E-state index contributed by atoms with van der Waals surface area (Å²) in [6, 6.07) is 48.1. The zero-order valence-electron chi connectivity index (χ0n) is 43.2. The molecule has 5 nitrogen and oxygen atoms in total. The lowest BCUT2D eigenvalue weighted by Gasteiger charge is -2.27. The van der Waals surface area contributed by atoms with Crippen molar-refractivity contribution in [2.24, 2.45) is 0 Å². The van der Waals surface area contributed by atoms with Gasteiger partial charge in [-0.2, -0.15) is 0 Å². The number of rotatable bonds is 5. The molecular weight excluding hydrogens is 855 g/mol. The molecule has 0 unspecified atom stereocenters. The number of fused-ring (bicyclic) bond motifs is 8. The monoisotopic (exact) mass is 920 g/mol. The first-order valence-corrected chi connectivity index (χ1v) is 25.0. The van der Waals surface area contributed by atoms with Gasteiger partial charge in [0.05, 0.1) is 33.4 Å². The summed E-state index contributed by atoms with van der Waals surface area (Å²) in [5.74, 6) is 0.942. The van der Waals surface area contributed by atoms with Gasteiger partial charge in [0.25, 0.3) is 0 Å². The van der Waals surface area contributed by atoms with E-state index in [0.717, 1.165) is 95.1 Å². The first-order valence-electron chi connectivity index (χ1n) is 25.0. The first kappa shape index (κ1) is 45.5. The fourth-order valence-electron chi connectivity index (χ4n) is 11.8. The van der Waals surface area contributed by atoms with Gasteiger partial charge in [-0.1, -0.05) is 181 Å². The Balaban J connectivity index is 1.18. The summed E-state index contributed by atoms with van der Waals surface area (Å²) in [6.45, 7) is 29.5. The standard InChI is InChI=1S/C65H65N3O2/c1-61(2,3)41-33-39(32-40(34-41)56-54-47-27-26-45-46(59(47)70-53(54)30-31-66-56)28-29-49-55(45)65(12,13)37-64(49,10)11)44-23-19-25-52-57(44)67-60(48-35-42(62(4,5)6)36-50(58(48)69)63(7,8)9)68(52)51-24-18-17-22-43(51)38-20-15-14-16-21-38/h14-36,69H,37H2,1-13H3. The average molecular weight is 920 g/mol. The summed E-state index contributed by atoms with van der Waals surface area (Å²) < 4.78 is 9.18. The summed E-state index contributed by atoms with van der Waals surface area (Å²) in [6.07, 6.45) is 2.99. The van der Waals surface area contributed by atoms with Crippen LogP contribution in [-0.4, -0.2) is 19.6 Å². The Hall–Kier alpha value is -6.98. The van der Waals surface area contributed by atoms with Gasteiger partial charge in [0.1, 0.15) is 22.7 Å². The molecule has 3 heterocycles. The number of furan rings is 1. The minimum atomic E-state index is -0.327. The topological polar surface area (TPSA) is 64.1 Å². The molecule has 0 bridgehead atoms. The van der Waals surface area contributed by atoms with Gasteiger partial charge in [-0.15, -0.1) is 0 Å². The molecular formula is C65H65N3O2. The minimum Gasteiger partial charge on any atom is -0.507 e. The smallest absolute Gasteiger partial charge is 0.149 e. The van der Waals surface area contributed by atoms with E-state index < -0.39 is 0 Å². The second-order valence-electron chi connectivity index (χ2n) is 24.4. The zero-order chi connectivity index (χ0) is 49.4. The number of phenols is 1. The van der Waals surface area contributed by atoms with Gasteiger partial charge in [-0.3, -0.25) is 9.55 Å². The highest BCUT2D eigenvalue weighted by Gasteiger charge is 2.43. The Labute approximate surface area is 413 Å². The van der Waals surface area contributed by atoms with Crippen molar-refractivity contribution in [1.29, 1.82) is 0 Å². The van der Waals surface area contributed by atoms with Crippen molar-refractivity contribution in [2.75, 3.05) is 0 Å². The fraction of sp³-hybridized carbons (Fsp3) is 0.292. The van der Waals surface area contributed by atoms with E-state index in [2.05, 4.69) is 222 Å². The third-order valence-electron chi connectivity index (χ3n) is 15.2. The normalized spacial score (nSPS) is 14.9. The van der Waals surface area contributed by atoms with Crippen LogP contribution < -0.4 is 0 Å². The third kappa shape index (κ3) is 7.26. The van der Waals surface area contributed by atoms with Crippen LogP contribution in [-0.2, 0) is 27.1 Å². The maximum atomic E-state index is 12.5. The molecule has 11 rings (SSSR count). The van der Waals surface area contributed by atoms with Crippen LogP contribution in [0.2, 0.25) is 0 Å². The van der Waals surface area contributed by atoms with Gasteiger partial charge in [-0.05, 0) is 115 Å². The van der Waals surface area contributed by atoms with Crippen LogP contribution in [0.3, 0.4) is 0 Å². The number of phenolic OH excluding ortho intramolecular Hbond substituents is 1. The van der Waals surface area contributed by atoms with Crippen molar-refractivity contribution in [3.8, 4) is 56.3 Å². The molecule has 0 spiro atoms. The maximum Gasteiger partial charge on any atom is 0.149 e. The molecule has 0 aliphatic heterocycles. The lowest BCUT2D eigenvalue weighted by atomic mass is 9.79. The van der Waals surface area contributed by atoms with E-state index >= 15 is 0 Å². The molecule has 1 aliphatic rings. The third-order valence-corrected chi connectivity index (χ3v) is 15.2. The van der Waals surface area contributed by atoms with Crippen molar-refractivity contribution < 1.29 is 9.52 Å². The maximum absolute atomic E-state index is 12.5. The molecule has 10 aromatic rings. The molecule has 1 N–H and O–H groups in total. The Morgan fingerprint density at radius 1 is 0.571 bits per heavy atom.